The maximum absolute atomic E-state index is 9.81. The Labute approximate surface area is 144 Å². The minimum Gasteiger partial charge on any atom is -0.396 e. The first-order valence-corrected chi connectivity index (χ1v) is 8.44. The Morgan fingerprint density at radius 1 is 0.833 bits per heavy atom. The average molecular weight is 350 g/mol. The Morgan fingerprint density at radius 3 is 1.62 bits per heavy atom. The minimum absolute atomic E-state index is 0.110. The van der Waals surface area contributed by atoms with Gasteiger partial charge in [-0.05, 0) is 53.9 Å². The van der Waals surface area contributed by atoms with Gasteiger partial charge in [0.1, 0.15) is 0 Å². The molecule has 0 aromatic heterocycles. The molecule has 1 aliphatic rings. The molecule has 1 saturated carbocycles. The van der Waals surface area contributed by atoms with Crippen LogP contribution in [0.3, 0.4) is 0 Å². The van der Waals surface area contributed by atoms with Gasteiger partial charge in [-0.1, -0.05) is 0 Å². The lowest BCUT2D eigenvalue weighted by molar-refractivity contribution is -0.552. The summed E-state index contributed by atoms with van der Waals surface area (Å²) < 4.78 is 0. The molecule has 0 saturated heterocycles. The van der Waals surface area contributed by atoms with E-state index in [1.807, 2.05) is 41.5 Å². The Bertz CT molecular complexity index is 361. The first-order chi connectivity index (χ1) is 10.9. The maximum Gasteiger partial charge on any atom is 0.235 e. The molecule has 0 aromatic carbocycles. The number of aliphatic hydroxyl groups excluding tert-OH is 3. The zero-order chi connectivity index (χ0) is 18.6. The largest absolute Gasteiger partial charge is 0.396 e. The molecule has 144 valence electrons. The summed E-state index contributed by atoms with van der Waals surface area (Å²) in [4.78, 5) is 22.2. The Balaban J connectivity index is 3.07. The van der Waals surface area contributed by atoms with Crippen LogP contribution in [0.4, 0.5) is 0 Å². The van der Waals surface area contributed by atoms with Crippen LogP contribution in [0.15, 0.2) is 0 Å². The van der Waals surface area contributed by atoms with E-state index in [1.165, 1.54) is 0 Å². The van der Waals surface area contributed by atoms with Crippen molar-refractivity contribution in [2.45, 2.75) is 77.8 Å². The molecule has 1 unspecified atom stereocenters. The summed E-state index contributed by atoms with van der Waals surface area (Å²) in [6.07, 6.45) is 0.989. The maximum atomic E-state index is 9.81. The zero-order valence-electron chi connectivity index (χ0n) is 15.8. The van der Waals surface area contributed by atoms with Crippen molar-refractivity contribution >= 4 is 0 Å². The second-order valence-electron chi connectivity index (χ2n) is 8.92. The fourth-order valence-corrected chi connectivity index (χ4v) is 2.80. The van der Waals surface area contributed by atoms with Gasteiger partial charge in [0.15, 0.2) is 0 Å². The molecule has 0 aromatic rings. The Morgan fingerprint density at radius 2 is 1.29 bits per heavy atom. The van der Waals surface area contributed by atoms with E-state index < -0.39 is 22.4 Å². The Hall–Kier alpha value is -0.280. The molecule has 7 nitrogen and oxygen atoms in total. The van der Waals surface area contributed by atoms with E-state index in [0.29, 0.717) is 12.8 Å². The van der Waals surface area contributed by atoms with Gasteiger partial charge >= 0.3 is 0 Å². The first kappa shape index (κ1) is 21.8. The van der Waals surface area contributed by atoms with Gasteiger partial charge in [-0.3, -0.25) is 0 Å². The topological polar surface area (TPSA) is 97.6 Å². The van der Waals surface area contributed by atoms with Crippen molar-refractivity contribution in [3.05, 3.63) is 0 Å². The van der Waals surface area contributed by atoms with Gasteiger partial charge in [0.25, 0.3) is 0 Å². The van der Waals surface area contributed by atoms with Crippen LogP contribution in [0.2, 0.25) is 0 Å². The van der Waals surface area contributed by atoms with E-state index in [1.54, 1.807) is 0 Å². The van der Waals surface area contributed by atoms with Crippen molar-refractivity contribution in [1.82, 2.24) is 0 Å². The van der Waals surface area contributed by atoms with Crippen molar-refractivity contribution in [1.29, 1.82) is 0 Å². The third kappa shape index (κ3) is 6.55. The van der Waals surface area contributed by atoms with Crippen molar-refractivity contribution in [2.24, 2.45) is 11.3 Å². The molecule has 0 amide bonds. The summed E-state index contributed by atoms with van der Waals surface area (Å²) in [7, 11) is 0. The van der Waals surface area contributed by atoms with Gasteiger partial charge in [-0.2, -0.15) is 9.78 Å². The third-order valence-electron chi connectivity index (χ3n) is 3.78. The molecule has 7 heteroatoms. The van der Waals surface area contributed by atoms with E-state index >= 15 is 0 Å². The molecule has 0 radical (unpaired) electrons. The van der Waals surface area contributed by atoms with Crippen LogP contribution < -0.4 is 0 Å². The number of hydrogen-bond acceptors (Lipinski definition) is 7. The molecule has 1 aliphatic carbocycles. The van der Waals surface area contributed by atoms with E-state index in [9.17, 15) is 15.3 Å². The van der Waals surface area contributed by atoms with Crippen LogP contribution in [0.25, 0.3) is 0 Å². The quantitative estimate of drug-likeness (QED) is 0.367. The zero-order valence-corrected chi connectivity index (χ0v) is 15.8. The van der Waals surface area contributed by atoms with Gasteiger partial charge in [-0.15, -0.1) is 0 Å². The van der Waals surface area contributed by atoms with Crippen LogP contribution in [-0.2, 0) is 19.6 Å². The molecular weight excluding hydrogens is 316 g/mol. The van der Waals surface area contributed by atoms with Crippen molar-refractivity contribution in [3.63, 3.8) is 0 Å². The smallest absolute Gasteiger partial charge is 0.235 e. The predicted octanol–water partition coefficient (Wildman–Crippen LogP) is 1.94. The lowest BCUT2D eigenvalue weighted by atomic mass is 9.68. The fourth-order valence-electron chi connectivity index (χ4n) is 2.80. The second kappa shape index (κ2) is 7.95. The van der Waals surface area contributed by atoms with E-state index in [-0.39, 0.29) is 32.2 Å². The second-order valence-corrected chi connectivity index (χ2v) is 8.92. The van der Waals surface area contributed by atoms with Crippen LogP contribution in [0, 0.1) is 11.3 Å². The van der Waals surface area contributed by atoms with Gasteiger partial charge < -0.3 is 15.3 Å². The summed E-state index contributed by atoms with van der Waals surface area (Å²) in [5.74, 6) is -1.54. The predicted molar refractivity (Wildman–Crippen MR) is 87.6 cm³/mol. The highest BCUT2D eigenvalue weighted by molar-refractivity contribution is 4.94. The molecule has 0 spiro atoms. The van der Waals surface area contributed by atoms with Crippen molar-refractivity contribution in [3.8, 4) is 0 Å². The summed E-state index contributed by atoms with van der Waals surface area (Å²) >= 11 is 0. The summed E-state index contributed by atoms with van der Waals surface area (Å²) in [6.45, 7) is 10.4. The molecule has 0 heterocycles. The van der Waals surface area contributed by atoms with Crippen LogP contribution >= 0.6 is 0 Å². The number of hydrogen-bond donors (Lipinski definition) is 3. The lowest BCUT2D eigenvalue weighted by Gasteiger charge is -2.47. The normalized spacial score (nSPS) is 24.1. The standard InChI is InChI=1S/C17H34O7/c1-14(2,3)21-23-17(24-22-15(4,5)6)8-13(9-18)7-16(10-17,11-19)12-20/h13,18-20H,7-12H2,1-6H3. The monoisotopic (exact) mass is 350 g/mol. The SMILES string of the molecule is CC(C)(C)OOC1(OOC(C)(C)C)CC(CO)CC(CO)(CO)C1. The number of rotatable bonds is 7. The van der Waals surface area contributed by atoms with Crippen molar-refractivity contribution < 1.29 is 34.9 Å². The summed E-state index contributed by atoms with van der Waals surface area (Å²) in [6, 6.07) is 0. The lowest BCUT2D eigenvalue weighted by Crippen LogP contribution is -2.53. The highest BCUT2D eigenvalue weighted by atomic mass is 17.3. The molecule has 0 aliphatic heterocycles. The van der Waals surface area contributed by atoms with E-state index in [4.69, 9.17) is 19.6 Å². The molecule has 3 N–H and O–H groups in total. The van der Waals surface area contributed by atoms with E-state index in [2.05, 4.69) is 0 Å². The van der Waals surface area contributed by atoms with Gasteiger partial charge in [0.2, 0.25) is 5.79 Å². The summed E-state index contributed by atoms with van der Waals surface area (Å²) in [5, 5.41) is 29.3. The van der Waals surface area contributed by atoms with Gasteiger partial charge in [0.05, 0.1) is 24.4 Å². The van der Waals surface area contributed by atoms with Crippen LogP contribution in [0.1, 0.15) is 60.8 Å². The molecular formula is C17H34O7. The summed E-state index contributed by atoms with van der Waals surface area (Å²) in [5.41, 5.74) is -2.00. The van der Waals surface area contributed by atoms with Gasteiger partial charge in [0, 0.05) is 24.9 Å². The first-order valence-electron chi connectivity index (χ1n) is 8.44. The molecule has 24 heavy (non-hydrogen) atoms. The van der Waals surface area contributed by atoms with Crippen LogP contribution in [-0.4, -0.2) is 52.1 Å². The number of aliphatic hydroxyl groups is 3. The molecule has 1 fully saturated rings. The fraction of sp³-hybridized carbons (Fsp3) is 1.00. The van der Waals surface area contributed by atoms with Crippen LogP contribution in [0.5, 0.6) is 0 Å². The average Bonchev–Trinajstić information content (AvgIpc) is 2.49. The molecule has 1 rings (SSSR count). The minimum atomic E-state index is -1.32. The Kier molecular flexibility index (Phi) is 7.21. The highest BCUT2D eigenvalue weighted by Gasteiger charge is 2.52. The van der Waals surface area contributed by atoms with E-state index in [0.717, 1.165) is 0 Å². The highest BCUT2D eigenvalue weighted by Crippen LogP contribution is 2.47. The van der Waals surface area contributed by atoms with Gasteiger partial charge in [-0.25, -0.2) is 9.78 Å². The van der Waals surface area contributed by atoms with Crippen molar-refractivity contribution in [2.75, 3.05) is 19.8 Å². The third-order valence-corrected chi connectivity index (χ3v) is 3.78. The molecule has 0 bridgehead atoms. The molecule has 1 atom stereocenters.